The Kier molecular flexibility index (Phi) is 3.82. The van der Waals surface area contributed by atoms with E-state index < -0.39 is 22.8 Å². The molecule has 4 rings (SSSR count). The summed E-state index contributed by atoms with van der Waals surface area (Å²) in [6.07, 6.45) is 0.282. The van der Waals surface area contributed by atoms with E-state index in [4.69, 9.17) is 18.6 Å². The lowest BCUT2D eigenvalue weighted by Crippen LogP contribution is -2.29. The van der Waals surface area contributed by atoms with Gasteiger partial charge in [-0.05, 0) is 32.0 Å². The van der Waals surface area contributed by atoms with Crippen LogP contribution in [0.25, 0.3) is 11.0 Å². The summed E-state index contributed by atoms with van der Waals surface area (Å²) in [7, 11) is 0. The molecule has 0 saturated carbocycles. The van der Waals surface area contributed by atoms with Crippen LogP contribution in [0.5, 0.6) is 5.75 Å². The predicted molar refractivity (Wildman–Crippen MR) is 91.0 cm³/mol. The van der Waals surface area contributed by atoms with Crippen LogP contribution in [-0.4, -0.2) is 41.1 Å². The predicted octanol–water partition coefficient (Wildman–Crippen LogP) is 1.79. The molecule has 2 aliphatic rings. The van der Waals surface area contributed by atoms with Crippen molar-refractivity contribution in [1.82, 2.24) is 0 Å². The molecule has 4 atom stereocenters. The molecule has 1 aromatic carbocycles. The van der Waals surface area contributed by atoms with Gasteiger partial charge in [0.25, 0.3) is 0 Å². The highest BCUT2D eigenvalue weighted by atomic mass is 16.6. The molecule has 2 aromatic rings. The van der Waals surface area contributed by atoms with Gasteiger partial charge in [0.15, 0.2) is 5.60 Å². The third kappa shape index (κ3) is 3.20. The van der Waals surface area contributed by atoms with Crippen LogP contribution in [0, 0.1) is 0 Å². The number of rotatable bonds is 5. The zero-order chi connectivity index (χ0) is 18.5. The van der Waals surface area contributed by atoms with Crippen molar-refractivity contribution < 1.29 is 28.5 Å². The summed E-state index contributed by atoms with van der Waals surface area (Å²) in [6.45, 7) is 3.72. The molecule has 2 saturated heterocycles. The summed E-state index contributed by atoms with van der Waals surface area (Å²) in [5.74, 6) is -0.00265. The third-order valence-electron chi connectivity index (χ3n) is 5.00. The van der Waals surface area contributed by atoms with Crippen LogP contribution in [0.4, 0.5) is 0 Å². The van der Waals surface area contributed by atoms with E-state index in [0.717, 1.165) is 5.39 Å². The average Bonchev–Trinajstić information content (AvgIpc) is 3.12. The van der Waals surface area contributed by atoms with Gasteiger partial charge in [-0.1, -0.05) is 0 Å². The van der Waals surface area contributed by atoms with Crippen molar-refractivity contribution in [3.05, 3.63) is 40.8 Å². The Morgan fingerprint density at radius 1 is 1.23 bits per heavy atom. The van der Waals surface area contributed by atoms with E-state index in [1.807, 2.05) is 13.0 Å². The molecule has 0 amide bonds. The minimum Gasteiger partial charge on any atom is -0.491 e. The number of cyclic esters (lactones) is 1. The summed E-state index contributed by atoms with van der Waals surface area (Å²) < 4.78 is 21.8. The van der Waals surface area contributed by atoms with Crippen LogP contribution >= 0.6 is 0 Å². The first-order chi connectivity index (χ1) is 12.2. The SMILES string of the molecule is C[C@@]1(O)C[C@H](C[C@]2(C)O[C@H]2COc2ccc3ccc(=O)oc3c2)OC1=O. The normalized spacial score (nSPS) is 33.3. The maximum Gasteiger partial charge on any atom is 0.338 e. The van der Waals surface area contributed by atoms with Gasteiger partial charge in [0.1, 0.15) is 30.1 Å². The van der Waals surface area contributed by atoms with Gasteiger partial charge in [-0.25, -0.2) is 9.59 Å². The monoisotopic (exact) mass is 360 g/mol. The number of hydrogen-bond acceptors (Lipinski definition) is 7. The van der Waals surface area contributed by atoms with Crippen LogP contribution < -0.4 is 10.4 Å². The number of carbonyl (C=O) groups is 1. The van der Waals surface area contributed by atoms with Crippen molar-refractivity contribution in [2.24, 2.45) is 0 Å². The van der Waals surface area contributed by atoms with Crippen LogP contribution in [0.3, 0.4) is 0 Å². The highest BCUT2D eigenvalue weighted by molar-refractivity contribution is 5.81. The van der Waals surface area contributed by atoms with Crippen molar-refractivity contribution in [1.29, 1.82) is 0 Å². The molecule has 2 aliphatic heterocycles. The number of epoxide rings is 1. The first kappa shape index (κ1) is 17.1. The molecule has 1 aromatic heterocycles. The van der Waals surface area contributed by atoms with Crippen molar-refractivity contribution >= 4 is 16.9 Å². The molecule has 2 fully saturated rings. The van der Waals surface area contributed by atoms with Gasteiger partial charge in [-0.15, -0.1) is 0 Å². The molecule has 138 valence electrons. The third-order valence-corrected chi connectivity index (χ3v) is 5.00. The molecular weight excluding hydrogens is 340 g/mol. The molecule has 26 heavy (non-hydrogen) atoms. The van der Waals surface area contributed by atoms with Crippen LogP contribution in [0.1, 0.15) is 26.7 Å². The van der Waals surface area contributed by atoms with E-state index in [1.165, 1.54) is 13.0 Å². The zero-order valence-electron chi connectivity index (χ0n) is 14.6. The number of ether oxygens (including phenoxy) is 3. The summed E-state index contributed by atoms with van der Waals surface area (Å²) in [5.41, 5.74) is -1.81. The number of benzene rings is 1. The molecule has 0 spiro atoms. The summed E-state index contributed by atoms with van der Waals surface area (Å²) in [4.78, 5) is 22.9. The maximum absolute atomic E-state index is 11.6. The number of hydrogen-bond donors (Lipinski definition) is 1. The topological polar surface area (TPSA) is 98.5 Å². The first-order valence-electron chi connectivity index (χ1n) is 8.53. The van der Waals surface area contributed by atoms with E-state index in [2.05, 4.69) is 0 Å². The highest BCUT2D eigenvalue weighted by Crippen LogP contribution is 2.43. The molecule has 0 bridgehead atoms. The lowest BCUT2D eigenvalue weighted by molar-refractivity contribution is -0.153. The number of esters is 1. The molecule has 0 aliphatic carbocycles. The molecule has 1 N–H and O–H groups in total. The van der Waals surface area contributed by atoms with E-state index in [0.29, 0.717) is 24.4 Å². The second-order valence-corrected chi connectivity index (χ2v) is 7.39. The minimum absolute atomic E-state index is 0.134. The standard InChI is InChI=1S/C19H20O7/c1-18(22)8-13(24-17(18)21)9-19(2)15(26-19)10-23-12-5-3-11-4-6-16(20)25-14(11)7-12/h3-7,13,15,22H,8-10H2,1-2H3/t13-,15+,18-,19+/m1/s1. The second-order valence-electron chi connectivity index (χ2n) is 7.39. The van der Waals surface area contributed by atoms with E-state index in [9.17, 15) is 14.7 Å². The Balaban J connectivity index is 1.35. The van der Waals surface area contributed by atoms with Crippen molar-refractivity contribution in [2.75, 3.05) is 6.61 Å². The molecule has 7 heteroatoms. The molecular formula is C19H20O7. The smallest absolute Gasteiger partial charge is 0.338 e. The van der Waals surface area contributed by atoms with Crippen molar-refractivity contribution in [3.8, 4) is 5.75 Å². The Morgan fingerprint density at radius 3 is 2.73 bits per heavy atom. The van der Waals surface area contributed by atoms with Gasteiger partial charge >= 0.3 is 11.6 Å². The highest BCUT2D eigenvalue weighted by Gasteiger charge is 2.56. The minimum atomic E-state index is -1.42. The Bertz CT molecular complexity index is 915. The van der Waals surface area contributed by atoms with Crippen molar-refractivity contribution in [2.45, 2.75) is 50.1 Å². The van der Waals surface area contributed by atoms with Crippen LogP contribution in [0.2, 0.25) is 0 Å². The quantitative estimate of drug-likeness (QED) is 0.493. The van der Waals surface area contributed by atoms with Crippen LogP contribution in [0.15, 0.2) is 39.5 Å². The van der Waals surface area contributed by atoms with E-state index in [-0.39, 0.29) is 18.6 Å². The Labute approximate surface area is 149 Å². The summed E-state index contributed by atoms with van der Waals surface area (Å²) in [5, 5.41) is 10.7. The Morgan fingerprint density at radius 2 is 2.00 bits per heavy atom. The second kappa shape index (κ2) is 5.82. The summed E-state index contributed by atoms with van der Waals surface area (Å²) in [6, 6.07) is 8.37. The van der Waals surface area contributed by atoms with E-state index >= 15 is 0 Å². The zero-order valence-corrected chi connectivity index (χ0v) is 14.6. The van der Waals surface area contributed by atoms with E-state index in [1.54, 1.807) is 18.2 Å². The molecule has 0 unspecified atom stereocenters. The molecule has 0 radical (unpaired) electrons. The lowest BCUT2D eigenvalue weighted by Gasteiger charge is -2.13. The maximum atomic E-state index is 11.6. The fourth-order valence-corrected chi connectivity index (χ4v) is 3.40. The number of fused-ring (bicyclic) bond motifs is 1. The number of aliphatic hydroxyl groups is 1. The fraction of sp³-hybridized carbons (Fsp3) is 0.474. The number of carbonyl (C=O) groups excluding carboxylic acids is 1. The lowest BCUT2D eigenvalue weighted by atomic mass is 9.94. The average molecular weight is 360 g/mol. The van der Waals surface area contributed by atoms with Crippen molar-refractivity contribution in [3.63, 3.8) is 0 Å². The summed E-state index contributed by atoms with van der Waals surface area (Å²) >= 11 is 0. The Hall–Kier alpha value is -2.38. The van der Waals surface area contributed by atoms with Gasteiger partial charge in [0.05, 0.1) is 5.60 Å². The molecule has 3 heterocycles. The van der Waals surface area contributed by atoms with Gasteiger partial charge in [-0.2, -0.15) is 0 Å². The van der Waals surface area contributed by atoms with Crippen LogP contribution in [-0.2, 0) is 14.3 Å². The van der Waals surface area contributed by atoms with Gasteiger partial charge < -0.3 is 23.7 Å². The van der Waals surface area contributed by atoms with Gasteiger partial charge in [-0.3, -0.25) is 0 Å². The largest absolute Gasteiger partial charge is 0.491 e. The van der Waals surface area contributed by atoms with Gasteiger partial charge in [0.2, 0.25) is 0 Å². The van der Waals surface area contributed by atoms with Gasteiger partial charge in [0, 0.05) is 30.4 Å². The fourth-order valence-electron chi connectivity index (χ4n) is 3.40. The first-order valence-corrected chi connectivity index (χ1v) is 8.53. The molecule has 7 nitrogen and oxygen atoms in total.